The highest BCUT2D eigenvalue weighted by Crippen LogP contribution is 2.29. The number of ether oxygens (including phenoxy) is 1. The van der Waals surface area contributed by atoms with E-state index in [0.29, 0.717) is 30.8 Å². The van der Waals surface area contributed by atoms with Gasteiger partial charge in [-0.1, -0.05) is 48.9 Å². The highest BCUT2D eigenvalue weighted by molar-refractivity contribution is 7.92. The third-order valence-electron chi connectivity index (χ3n) is 5.61. The fourth-order valence-electron chi connectivity index (χ4n) is 3.79. The number of likely N-dealkylation sites (N-methyl/N-ethyl adjacent to an activating group) is 1. The normalized spacial score (nSPS) is 12.0. The van der Waals surface area contributed by atoms with Crippen molar-refractivity contribution in [2.24, 2.45) is 0 Å². The Balaban J connectivity index is 2.21. The SMILES string of the molecule is CC[C@@H](C(=O)NC)N(Cc1ccc(C)cc1)C(=O)CCCN(c1ccccc1OC)S(C)(=O)=O. The van der Waals surface area contributed by atoms with Crippen LogP contribution < -0.4 is 14.4 Å². The summed E-state index contributed by atoms with van der Waals surface area (Å²) in [7, 11) is -0.562. The number of anilines is 1. The number of para-hydroxylation sites is 2. The number of hydrogen-bond acceptors (Lipinski definition) is 5. The smallest absolute Gasteiger partial charge is 0.242 e. The van der Waals surface area contributed by atoms with Crippen LogP contribution >= 0.6 is 0 Å². The Hall–Kier alpha value is -3.07. The summed E-state index contributed by atoms with van der Waals surface area (Å²) in [5, 5.41) is 2.64. The molecule has 0 saturated carbocycles. The Morgan fingerprint density at radius 1 is 1.09 bits per heavy atom. The molecular weight excluding hydrogens is 454 g/mol. The van der Waals surface area contributed by atoms with Crippen LogP contribution in [0, 0.1) is 6.92 Å². The highest BCUT2D eigenvalue weighted by atomic mass is 32.2. The number of nitrogens with one attached hydrogen (secondary N) is 1. The second-order valence-electron chi connectivity index (χ2n) is 8.16. The summed E-state index contributed by atoms with van der Waals surface area (Å²) in [5.41, 5.74) is 2.46. The molecule has 34 heavy (non-hydrogen) atoms. The van der Waals surface area contributed by atoms with Crippen LogP contribution in [0.25, 0.3) is 0 Å². The maximum Gasteiger partial charge on any atom is 0.242 e. The minimum Gasteiger partial charge on any atom is -0.495 e. The summed E-state index contributed by atoms with van der Waals surface area (Å²) in [5.74, 6) is 0.00478. The first kappa shape index (κ1) is 27.2. The van der Waals surface area contributed by atoms with E-state index in [-0.39, 0.29) is 24.8 Å². The molecule has 0 aliphatic carbocycles. The molecule has 0 aliphatic rings. The average molecular weight is 490 g/mol. The molecule has 2 aromatic carbocycles. The van der Waals surface area contributed by atoms with E-state index in [1.54, 1.807) is 36.2 Å². The lowest BCUT2D eigenvalue weighted by Crippen LogP contribution is -2.48. The molecule has 186 valence electrons. The van der Waals surface area contributed by atoms with Gasteiger partial charge in [0.05, 0.1) is 19.1 Å². The Labute approximate surface area is 202 Å². The lowest BCUT2D eigenvalue weighted by atomic mass is 10.1. The molecule has 0 aromatic heterocycles. The summed E-state index contributed by atoms with van der Waals surface area (Å²) in [6.07, 6.45) is 1.98. The van der Waals surface area contributed by atoms with Crippen molar-refractivity contribution in [3.63, 3.8) is 0 Å². The highest BCUT2D eigenvalue weighted by Gasteiger charge is 2.28. The number of benzene rings is 2. The van der Waals surface area contributed by atoms with Crippen molar-refractivity contribution in [2.45, 2.75) is 45.7 Å². The van der Waals surface area contributed by atoms with E-state index in [4.69, 9.17) is 4.74 Å². The average Bonchev–Trinajstić information content (AvgIpc) is 2.81. The van der Waals surface area contributed by atoms with Crippen LogP contribution in [0.5, 0.6) is 5.75 Å². The molecule has 2 rings (SSSR count). The number of sulfonamides is 1. The molecule has 0 saturated heterocycles. The number of amides is 2. The molecule has 0 bridgehead atoms. The zero-order valence-corrected chi connectivity index (χ0v) is 21.4. The summed E-state index contributed by atoms with van der Waals surface area (Å²) < 4.78 is 31.5. The van der Waals surface area contributed by atoms with Crippen LogP contribution in [-0.2, 0) is 26.2 Å². The van der Waals surface area contributed by atoms with E-state index in [9.17, 15) is 18.0 Å². The first-order valence-corrected chi connectivity index (χ1v) is 13.1. The van der Waals surface area contributed by atoms with E-state index in [1.807, 2.05) is 38.1 Å². The van der Waals surface area contributed by atoms with E-state index < -0.39 is 16.1 Å². The van der Waals surface area contributed by atoms with Gasteiger partial charge in [0.15, 0.2) is 0 Å². The van der Waals surface area contributed by atoms with Crippen molar-refractivity contribution < 1.29 is 22.7 Å². The van der Waals surface area contributed by atoms with Gasteiger partial charge in [0.25, 0.3) is 0 Å². The van der Waals surface area contributed by atoms with E-state index >= 15 is 0 Å². The molecule has 0 aliphatic heterocycles. The predicted octanol–water partition coefficient (Wildman–Crippen LogP) is 3.10. The Kier molecular flexibility index (Phi) is 9.92. The van der Waals surface area contributed by atoms with Crippen LogP contribution in [0.3, 0.4) is 0 Å². The Bertz CT molecular complexity index is 1070. The van der Waals surface area contributed by atoms with Crippen LogP contribution in [-0.4, -0.2) is 58.1 Å². The number of carbonyl (C=O) groups is 2. The van der Waals surface area contributed by atoms with Gasteiger partial charge in [-0.05, 0) is 37.5 Å². The largest absolute Gasteiger partial charge is 0.495 e. The second kappa shape index (κ2) is 12.4. The first-order chi connectivity index (χ1) is 16.1. The molecule has 2 amide bonds. The van der Waals surface area contributed by atoms with Gasteiger partial charge in [-0.3, -0.25) is 13.9 Å². The molecule has 0 fully saturated rings. The van der Waals surface area contributed by atoms with Crippen LogP contribution in [0.1, 0.15) is 37.3 Å². The molecule has 8 nitrogen and oxygen atoms in total. The molecule has 0 unspecified atom stereocenters. The topological polar surface area (TPSA) is 96.0 Å². The lowest BCUT2D eigenvalue weighted by Gasteiger charge is -2.31. The number of aryl methyl sites for hydroxylation is 1. The molecule has 9 heteroatoms. The third-order valence-corrected chi connectivity index (χ3v) is 6.79. The standard InChI is InChI=1S/C25H35N3O5S/c1-6-21(25(30)26-3)27(18-20-15-13-19(2)14-16-20)24(29)12-9-17-28(34(5,31)32)22-10-7-8-11-23(22)33-4/h7-8,10-11,13-16,21H,6,9,12,17-18H2,1-5H3,(H,26,30)/t21-/m0/s1. The van der Waals surface area contributed by atoms with Gasteiger partial charge < -0.3 is 15.0 Å². The Morgan fingerprint density at radius 2 is 1.74 bits per heavy atom. The molecular formula is C25H35N3O5S. The zero-order valence-electron chi connectivity index (χ0n) is 20.6. The maximum atomic E-state index is 13.3. The van der Waals surface area contributed by atoms with Crippen molar-refractivity contribution in [2.75, 3.05) is 31.3 Å². The van der Waals surface area contributed by atoms with Crippen LogP contribution in [0.4, 0.5) is 5.69 Å². The van der Waals surface area contributed by atoms with E-state index in [2.05, 4.69) is 5.32 Å². The zero-order chi connectivity index (χ0) is 25.3. The number of carbonyl (C=O) groups excluding carboxylic acids is 2. The quantitative estimate of drug-likeness (QED) is 0.494. The summed E-state index contributed by atoms with van der Waals surface area (Å²) in [6, 6.07) is 14.1. The summed E-state index contributed by atoms with van der Waals surface area (Å²) in [4.78, 5) is 27.4. The van der Waals surface area contributed by atoms with Gasteiger partial charge in [-0.2, -0.15) is 0 Å². The van der Waals surface area contributed by atoms with Gasteiger partial charge in [0, 0.05) is 26.6 Å². The van der Waals surface area contributed by atoms with Gasteiger partial charge in [0.1, 0.15) is 11.8 Å². The van der Waals surface area contributed by atoms with Gasteiger partial charge in [0.2, 0.25) is 21.8 Å². The van der Waals surface area contributed by atoms with Gasteiger partial charge in [-0.25, -0.2) is 8.42 Å². The molecule has 0 spiro atoms. The molecule has 0 radical (unpaired) electrons. The molecule has 0 heterocycles. The van der Waals surface area contributed by atoms with E-state index in [1.165, 1.54) is 11.4 Å². The molecule has 2 aromatic rings. The lowest BCUT2D eigenvalue weighted by molar-refractivity contribution is -0.141. The third kappa shape index (κ3) is 7.21. The second-order valence-corrected chi connectivity index (χ2v) is 10.1. The number of hydrogen-bond donors (Lipinski definition) is 1. The number of rotatable bonds is 12. The summed E-state index contributed by atoms with van der Waals surface area (Å²) >= 11 is 0. The molecule has 1 N–H and O–H groups in total. The maximum absolute atomic E-state index is 13.3. The predicted molar refractivity (Wildman–Crippen MR) is 134 cm³/mol. The first-order valence-electron chi connectivity index (χ1n) is 11.3. The van der Waals surface area contributed by atoms with Crippen molar-refractivity contribution in [3.05, 3.63) is 59.7 Å². The van der Waals surface area contributed by atoms with Crippen molar-refractivity contribution in [3.8, 4) is 5.75 Å². The van der Waals surface area contributed by atoms with Crippen LogP contribution in [0.15, 0.2) is 48.5 Å². The van der Waals surface area contributed by atoms with E-state index in [0.717, 1.165) is 17.4 Å². The van der Waals surface area contributed by atoms with Gasteiger partial charge in [-0.15, -0.1) is 0 Å². The van der Waals surface area contributed by atoms with Crippen molar-refractivity contribution >= 4 is 27.5 Å². The van der Waals surface area contributed by atoms with Gasteiger partial charge >= 0.3 is 0 Å². The monoisotopic (exact) mass is 489 g/mol. The number of methoxy groups -OCH3 is 1. The minimum atomic E-state index is -3.60. The summed E-state index contributed by atoms with van der Waals surface area (Å²) in [6.45, 7) is 4.26. The number of nitrogens with zero attached hydrogens (tertiary/aromatic N) is 2. The van der Waals surface area contributed by atoms with Crippen LogP contribution in [0.2, 0.25) is 0 Å². The van der Waals surface area contributed by atoms with Crippen molar-refractivity contribution in [1.82, 2.24) is 10.2 Å². The minimum absolute atomic E-state index is 0.0977. The fourth-order valence-corrected chi connectivity index (χ4v) is 4.76. The Morgan fingerprint density at radius 3 is 2.29 bits per heavy atom. The van der Waals surface area contributed by atoms with Crippen molar-refractivity contribution in [1.29, 1.82) is 0 Å². The fraction of sp³-hybridized carbons (Fsp3) is 0.440. The molecule has 1 atom stereocenters.